The van der Waals surface area contributed by atoms with E-state index in [1.807, 2.05) is 11.4 Å². The average molecular weight is 400 g/mol. The number of thiophene rings is 1. The number of nitrogens with one attached hydrogen (secondary N) is 1. The molecule has 28 heavy (non-hydrogen) atoms. The van der Waals surface area contributed by atoms with E-state index in [-0.39, 0.29) is 43.3 Å². The van der Waals surface area contributed by atoms with E-state index in [0.29, 0.717) is 35.4 Å². The van der Waals surface area contributed by atoms with Crippen molar-refractivity contribution in [3.63, 3.8) is 0 Å². The maximum absolute atomic E-state index is 12.2. The third kappa shape index (κ3) is 4.64. The zero-order chi connectivity index (χ0) is 19.9. The van der Waals surface area contributed by atoms with Crippen LogP contribution in [0, 0.1) is 0 Å². The quantitative estimate of drug-likeness (QED) is 0.397. The van der Waals surface area contributed by atoms with Crippen molar-refractivity contribution in [1.29, 1.82) is 0 Å². The van der Waals surface area contributed by atoms with Crippen LogP contribution in [0.4, 0.5) is 0 Å². The molecular formula is C20H20N2O5S. The number of fused-ring (bicyclic) bond motifs is 1. The van der Waals surface area contributed by atoms with E-state index in [0.717, 1.165) is 4.90 Å². The van der Waals surface area contributed by atoms with Crippen molar-refractivity contribution in [3.8, 4) is 0 Å². The molecule has 146 valence electrons. The number of carbonyl (C=O) groups excluding carboxylic acids is 4. The first kappa shape index (κ1) is 19.8. The zero-order valence-corrected chi connectivity index (χ0v) is 16.0. The molecule has 0 radical (unpaired) electrons. The smallest absolute Gasteiger partial charge is 0.305 e. The van der Waals surface area contributed by atoms with E-state index in [1.165, 1.54) is 11.3 Å². The second-order valence-electron chi connectivity index (χ2n) is 6.22. The lowest BCUT2D eigenvalue weighted by molar-refractivity contribution is -0.143. The van der Waals surface area contributed by atoms with Gasteiger partial charge in [-0.2, -0.15) is 0 Å². The highest BCUT2D eigenvalue weighted by atomic mass is 32.1. The van der Waals surface area contributed by atoms with Crippen LogP contribution >= 0.6 is 11.3 Å². The summed E-state index contributed by atoms with van der Waals surface area (Å²) in [6.07, 6.45) is 0.982. The van der Waals surface area contributed by atoms with Crippen molar-refractivity contribution in [3.05, 3.63) is 57.8 Å². The van der Waals surface area contributed by atoms with E-state index in [4.69, 9.17) is 4.74 Å². The van der Waals surface area contributed by atoms with Gasteiger partial charge in [0.05, 0.1) is 22.6 Å². The van der Waals surface area contributed by atoms with Gasteiger partial charge in [-0.25, -0.2) is 0 Å². The van der Waals surface area contributed by atoms with Gasteiger partial charge in [-0.3, -0.25) is 24.1 Å². The first-order valence-corrected chi connectivity index (χ1v) is 9.88. The van der Waals surface area contributed by atoms with Crippen LogP contribution in [0.1, 0.15) is 49.7 Å². The Kier molecular flexibility index (Phi) is 6.54. The van der Waals surface area contributed by atoms with Crippen LogP contribution < -0.4 is 5.32 Å². The van der Waals surface area contributed by atoms with Crippen molar-refractivity contribution in [2.75, 3.05) is 19.7 Å². The first-order chi connectivity index (χ1) is 13.6. The Labute approximate surface area is 166 Å². The molecule has 0 fully saturated rings. The molecule has 7 nitrogen and oxygen atoms in total. The second kappa shape index (κ2) is 9.27. The summed E-state index contributed by atoms with van der Waals surface area (Å²) in [4.78, 5) is 49.8. The molecule has 0 aliphatic carbocycles. The molecule has 1 aliphatic heterocycles. The molecule has 3 amide bonds. The number of imide groups is 1. The summed E-state index contributed by atoms with van der Waals surface area (Å²) in [5, 5.41) is 4.59. The van der Waals surface area contributed by atoms with E-state index in [9.17, 15) is 19.2 Å². The number of nitrogens with zero attached hydrogens (tertiary/aromatic N) is 1. The molecule has 1 aliphatic rings. The van der Waals surface area contributed by atoms with Crippen LogP contribution in [0.2, 0.25) is 0 Å². The largest absolute Gasteiger partial charge is 0.466 e. The zero-order valence-electron chi connectivity index (χ0n) is 15.2. The summed E-state index contributed by atoms with van der Waals surface area (Å²) >= 11 is 1.37. The number of esters is 1. The maximum atomic E-state index is 12.2. The molecule has 0 spiro atoms. The molecule has 8 heteroatoms. The van der Waals surface area contributed by atoms with Gasteiger partial charge in [-0.05, 0) is 36.4 Å². The number of benzene rings is 1. The van der Waals surface area contributed by atoms with Gasteiger partial charge in [0.15, 0.2) is 0 Å². The third-order valence-electron chi connectivity index (χ3n) is 4.26. The summed E-state index contributed by atoms with van der Waals surface area (Å²) < 4.78 is 5.12. The van der Waals surface area contributed by atoms with Gasteiger partial charge in [-0.1, -0.05) is 18.2 Å². The molecule has 0 atom stereocenters. The predicted molar refractivity (Wildman–Crippen MR) is 103 cm³/mol. The van der Waals surface area contributed by atoms with Gasteiger partial charge in [0.2, 0.25) is 0 Å². The third-order valence-corrected chi connectivity index (χ3v) is 5.12. The van der Waals surface area contributed by atoms with Crippen molar-refractivity contribution < 1.29 is 23.9 Å². The molecule has 2 heterocycles. The van der Waals surface area contributed by atoms with Gasteiger partial charge in [0, 0.05) is 19.5 Å². The number of hydrogen-bond donors (Lipinski definition) is 1. The molecule has 0 bridgehead atoms. The lowest BCUT2D eigenvalue weighted by Gasteiger charge is -2.13. The minimum atomic E-state index is -0.388. The van der Waals surface area contributed by atoms with Crippen LogP contribution in [-0.4, -0.2) is 48.3 Å². The highest BCUT2D eigenvalue weighted by molar-refractivity contribution is 7.12. The molecule has 0 saturated heterocycles. The van der Waals surface area contributed by atoms with Crippen molar-refractivity contribution in [2.24, 2.45) is 0 Å². The lowest BCUT2D eigenvalue weighted by Crippen LogP contribution is -2.31. The first-order valence-electron chi connectivity index (χ1n) is 9.00. The Morgan fingerprint density at radius 3 is 2.36 bits per heavy atom. The highest BCUT2D eigenvalue weighted by Crippen LogP contribution is 2.22. The molecule has 0 saturated carbocycles. The summed E-state index contributed by atoms with van der Waals surface area (Å²) in [6.45, 7) is 0.800. The van der Waals surface area contributed by atoms with Crippen LogP contribution in [-0.2, 0) is 9.53 Å². The van der Waals surface area contributed by atoms with Crippen molar-refractivity contribution in [1.82, 2.24) is 10.2 Å². The molecule has 1 aromatic carbocycles. The van der Waals surface area contributed by atoms with Crippen LogP contribution in [0.25, 0.3) is 0 Å². The van der Waals surface area contributed by atoms with E-state index >= 15 is 0 Å². The van der Waals surface area contributed by atoms with E-state index < -0.39 is 0 Å². The van der Waals surface area contributed by atoms with Gasteiger partial charge < -0.3 is 10.1 Å². The molecule has 3 rings (SSSR count). The Bertz CT molecular complexity index is 843. The average Bonchev–Trinajstić information content (AvgIpc) is 3.31. The fourth-order valence-electron chi connectivity index (χ4n) is 2.85. The van der Waals surface area contributed by atoms with Crippen LogP contribution in [0.5, 0.6) is 0 Å². The fraction of sp³-hybridized carbons (Fsp3) is 0.300. The lowest BCUT2D eigenvalue weighted by atomic mass is 10.1. The van der Waals surface area contributed by atoms with Crippen molar-refractivity contribution >= 4 is 35.0 Å². The molecule has 0 unspecified atom stereocenters. The molecule has 2 aromatic rings. The van der Waals surface area contributed by atoms with Crippen LogP contribution in [0.3, 0.4) is 0 Å². The van der Waals surface area contributed by atoms with Gasteiger partial charge in [0.1, 0.15) is 0 Å². The minimum Gasteiger partial charge on any atom is -0.466 e. The summed E-state index contributed by atoms with van der Waals surface area (Å²) in [5.41, 5.74) is 0.805. The SMILES string of the molecule is O=C(CCCN1C(=O)c2ccccc2C1=O)OCCCNC(=O)c1cccs1. The number of hydrogen-bond acceptors (Lipinski definition) is 6. The predicted octanol–water partition coefficient (Wildman–Crippen LogP) is 2.49. The van der Waals surface area contributed by atoms with Crippen LogP contribution in [0.15, 0.2) is 41.8 Å². The van der Waals surface area contributed by atoms with E-state index in [2.05, 4.69) is 5.32 Å². The summed E-state index contributed by atoms with van der Waals surface area (Å²) in [5.74, 6) is -1.17. The molecule has 1 N–H and O–H groups in total. The fourth-order valence-corrected chi connectivity index (χ4v) is 3.49. The number of rotatable bonds is 9. The van der Waals surface area contributed by atoms with Gasteiger partial charge >= 0.3 is 5.97 Å². The Balaban J connectivity index is 1.30. The minimum absolute atomic E-state index is 0.120. The molecular weight excluding hydrogens is 380 g/mol. The van der Waals surface area contributed by atoms with E-state index in [1.54, 1.807) is 30.3 Å². The second-order valence-corrected chi connectivity index (χ2v) is 7.17. The Morgan fingerprint density at radius 2 is 1.71 bits per heavy atom. The maximum Gasteiger partial charge on any atom is 0.305 e. The highest BCUT2D eigenvalue weighted by Gasteiger charge is 2.34. The van der Waals surface area contributed by atoms with Crippen molar-refractivity contribution in [2.45, 2.75) is 19.3 Å². The summed E-state index contributed by atoms with van der Waals surface area (Å²) in [6, 6.07) is 10.2. The van der Waals surface area contributed by atoms with Gasteiger partial charge in [-0.15, -0.1) is 11.3 Å². The molecule has 1 aromatic heterocycles. The number of ether oxygens (including phenoxy) is 1. The monoisotopic (exact) mass is 400 g/mol. The Hall–Kier alpha value is -3.00. The van der Waals surface area contributed by atoms with Gasteiger partial charge in [0.25, 0.3) is 17.7 Å². The number of amides is 3. The normalized spacial score (nSPS) is 12.8. The topological polar surface area (TPSA) is 92.8 Å². The summed E-state index contributed by atoms with van der Waals surface area (Å²) in [7, 11) is 0. The Morgan fingerprint density at radius 1 is 1.00 bits per heavy atom. The standard InChI is InChI=1S/C20H20N2O5S/c23-17(27-12-5-10-21-18(24)16-8-4-13-28-16)9-3-11-22-19(25)14-6-1-2-7-15(14)20(22)26/h1-2,4,6-8,13H,3,5,9-12H2,(H,21,24). The number of carbonyl (C=O) groups is 4.